The molecule has 7 heteroatoms. The molecule has 0 aromatic carbocycles. The van der Waals surface area contributed by atoms with E-state index < -0.39 is 0 Å². The first-order valence-corrected chi connectivity index (χ1v) is 8.32. The number of aromatic nitrogens is 4. The van der Waals surface area contributed by atoms with Gasteiger partial charge in [-0.15, -0.1) is 0 Å². The molecule has 2 aromatic rings. The van der Waals surface area contributed by atoms with Crippen molar-refractivity contribution in [2.24, 2.45) is 11.8 Å². The minimum Gasteiger partial charge on any atom is -0.354 e. The van der Waals surface area contributed by atoms with Crippen LogP contribution in [-0.4, -0.2) is 44.8 Å². The Hall–Kier alpha value is -2.44. The second-order valence-electron chi connectivity index (χ2n) is 6.70. The molecule has 0 spiro atoms. The third kappa shape index (κ3) is 3.39. The van der Waals surface area contributed by atoms with Crippen molar-refractivity contribution in [3.8, 4) is 5.82 Å². The molecule has 0 aliphatic carbocycles. The van der Waals surface area contributed by atoms with E-state index in [9.17, 15) is 4.79 Å². The Kier molecular flexibility index (Phi) is 4.51. The predicted molar refractivity (Wildman–Crippen MR) is 92.0 cm³/mol. The fourth-order valence-corrected chi connectivity index (χ4v) is 3.33. The van der Waals surface area contributed by atoms with Crippen molar-refractivity contribution in [3.05, 3.63) is 30.4 Å². The van der Waals surface area contributed by atoms with E-state index in [1.54, 1.807) is 17.8 Å². The zero-order chi connectivity index (χ0) is 17.3. The summed E-state index contributed by atoms with van der Waals surface area (Å²) in [6, 6.07) is 3.97. The molecule has 2 unspecified atom stereocenters. The standard InChI is InChI=1S/C17H24N6O/c1-11(2)14-9-22(10-15(14)21-13(4)24)16-8-17(20-12(3)19-16)23-7-5-6-18-23/h5-8,11,14-15H,9-10H2,1-4H3,(H,21,24). The van der Waals surface area contributed by atoms with Crippen LogP contribution in [0.1, 0.15) is 26.6 Å². The molecular formula is C17H24N6O. The molecule has 24 heavy (non-hydrogen) atoms. The first kappa shape index (κ1) is 16.4. The van der Waals surface area contributed by atoms with Gasteiger partial charge in [0.15, 0.2) is 5.82 Å². The van der Waals surface area contributed by atoms with Gasteiger partial charge in [0, 0.05) is 44.4 Å². The van der Waals surface area contributed by atoms with Crippen LogP contribution in [0.25, 0.3) is 5.82 Å². The SMILES string of the molecule is CC(=O)NC1CN(c2cc(-n3cccn3)nc(C)n2)CC1C(C)C. The molecule has 3 heterocycles. The number of carbonyl (C=O) groups excluding carboxylic acids is 1. The average Bonchev–Trinajstić information content (AvgIpc) is 3.15. The van der Waals surface area contributed by atoms with Crippen LogP contribution in [0, 0.1) is 18.8 Å². The van der Waals surface area contributed by atoms with Crippen molar-refractivity contribution >= 4 is 11.7 Å². The third-order valence-electron chi connectivity index (χ3n) is 4.48. The van der Waals surface area contributed by atoms with Gasteiger partial charge >= 0.3 is 0 Å². The summed E-state index contributed by atoms with van der Waals surface area (Å²) in [4.78, 5) is 22.8. The van der Waals surface area contributed by atoms with Crippen LogP contribution in [0.15, 0.2) is 24.5 Å². The fraction of sp³-hybridized carbons (Fsp3) is 0.529. The molecule has 1 N–H and O–H groups in total. The van der Waals surface area contributed by atoms with Crippen molar-refractivity contribution in [3.63, 3.8) is 0 Å². The Balaban J connectivity index is 1.87. The minimum absolute atomic E-state index is 0.0172. The molecule has 1 saturated heterocycles. The molecule has 0 bridgehead atoms. The summed E-state index contributed by atoms with van der Waals surface area (Å²) in [6.07, 6.45) is 3.60. The van der Waals surface area contributed by atoms with Crippen LogP contribution in [-0.2, 0) is 4.79 Å². The van der Waals surface area contributed by atoms with Crippen molar-refractivity contribution in [2.75, 3.05) is 18.0 Å². The zero-order valence-electron chi connectivity index (χ0n) is 14.6. The number of rotatable bonds is 4. The molecule has 7 nitrogen and oxygen atoms in total. The summed E-state index contributed by atoms with van der Waals surface area (Å²) in [5.74, 6) is 3.25. The van der Waals surface area contributed by atoms with E-state index >= 15 is 0 Å². The first-order valence-electron chi connectivity index (χ1n) is 8.32. The molecule has 128 valence electrons. The molecule has 1 fully saturated rings. The van der Waals surface area contributed by atoms with E-state index in [1.807, 2.05) is 25.3 Å². The van der Waals surface area contributed by atoms with E-state index in [4.69, 9.17) is 0 Å². The van der Waals surface area contributed by atoms with Crippen molar-refractivity contribution < 1.29 is 4.79 Å². The minimum atomic E-state index is 0.0172. The quantitative estimate of drug-likeness (QED) is 0.922. The van der Waals surface area contributed by atoms with E-state index in [2.05, 4.69) is 39.1 Å². The fourth-order valence-electron chi connectivity index (χ4n) is 3.33. The van der Waals surface area contributed by atoms with Crippen LogP contribution in [0.2, 0.25) is 0 Å². The van der Waals surface area contributed by atoms with Crippen LogP contribution in [0.4, 0.5) is 5.82 Å². The zero-order valence-corrected chi connectivity index (χ0v) is 14.6. The van der Waals surface area contributed by atoms with Crippen molar-refractivity contribution in [1.82, 2.24) is 25.1 Å². The molecule has 0 saturated carbocycles. The van der Waals surface area contributed by atoms with Crippen LogP contribution >= 0.6 is 0 Å². The summed E-state index contributed by atoms with van der Waals surface area (Å²) in [7, 11) is 0. The number of hydrogen-bond acceptors (Lipinski definition) is 5. The van der Waals surface area contributed by atoms with Gasteiger partial charge in [0.1, 0.15) is 11.6 Å². The number of nitrogens with one attached hydrogen (secondary N) is 1. The number of hydrogen-bond donors (Lipinski definition) is 1. The van der Waals surface area contributed by atoms with Gasteiger partial charge in [-0.25, -0.2) is 14.6 Å². The van der Waals surface area contributed by atoms with E-state index in [0.717, 1.165) is 24.7 Å². The second-order valence-corrected chi connectivity index (χ2v) is 6.70. The molecule has 1 amide bonds. The molecule has 1 aliphatic rings. The van der Waals surface area contributed by atoms with Gasteiger partial charge in [0.2, 0.25) is 5.91 Å². The van der Waals surface area contributed by atoms with Crippen LogP contribution in [0.3, 0.4) is 0 Å². The summed E-state index contributed by atoms with van der Waals surface area (Å²) in [5, 5.41) is 7.33. The van der Waals surface area contributed by atoms with Crippen molar-refractivity contribution in [1.29, 1.82) is 0 Å². The Bertz CT molecular complexity index is 712. The highest BCUT2D eigenvalue weighted by atomic mass is 16.1. The lowest BCUT2D eigenvalue weighted by molar-refractivity contribution is -0.119. The number of carbonyl (C=O) groups is 1. The largest absolute Gasteiger partial charge is 0.354 e. The number of anilines is 1. The molecule has 2 atom stereocenters. The lowest BCUT2D eigenvalue weighted by Crippen LogP contribution is -2.40. The second kappa shape index (κ2) is 6.59. The molecule has 2 aromatic heterocycles. The lowest BCUT2D eigenvalue weighted by Gasteiger charge is -2.21. The summed E-state index contributed by atoms with van der Waals surface area (Å²) in [6.45, 7) is 9.49. The third-order valence-corrected chi connectivity index (χ3v) is 4.48. The highest BCUT2D eigenvalue weighted by Gasteiger charge is 2.36. The highest BCUT2D eigenvalue weighted by Crippen LogP contribution is 2.28. The maximum absolute atomic E-state index is 11.5. The van der Waals surface area contributed by atoms with Crippen LogP contribution in [0.5, 0.6) is 0 Å². The summed E-state index contributed by atoms with van der Waals surface area (Å²) >= 11 is 0. The molecular weight excluding hydrogens is 304 g/mol. The molecule has 3 rings (SSSR count). The monoisotopic (exact) mass is 328 g/mol. The molecule has 1 aliphatic heterocycles. The topological polar surface area (TPSA) is 75.9 Å². The van der Waals surface area contributed by atoms with Gasteiger partial charge < -0.3 is 10.2 Å². The Labute approximate surface area is 142 Å². The Morgan fingerprint density at radius 2 is 2.04 bits per heavy atom. The van der Waals surface area contributed by atoms with Crippen LogP contribution < -0.4 is 10.2 Å². The average molecular weight is 328 g/mol. The van der Waals surface area contributed by atoms with Gasteiger partial charge in [0.25, 0.3) is 0 Å². The maximum Gasteiger partial charge on any atom is 0.217 e. The van der Waals surface area contributed by atoms with Gasteiger partial charge in [0.05, 0.1) is 6.04 Å². The van der Waals surface area contributed by atoms with Crippen molar-refractivity contribution in [2.45, 2.75) is 33.7 Å². The smallest absolute Gasteiger partial charge is 0.217 e. The Morgan fingerprint density at radius 1 is 1.29 bits per heavy atom. The predicted octanol–water partition coefficient (Wildman–Crippen LogP) is 1.57. The molecule has 0 radical (unpaired) electrons. The maximum atomic E-state index is 11.5. The number of amides is 1. The van der Waals surface area contributed by atoms with Gasteiger partial charge in [-0.2, -0.15) is 5.10 Å². The van der Waals surface area contributed by atoms with E-state index in [1.165, 1.54) is 0 Å². The number of aryl methyl sites for hydroxylation is 1. The van der Waals surface area contributed by atoms with Gasteiger partial charge in [-0.3, -0.25) is 4.79 Å². The van der Waals surface area contributed by atoms with E-state index in [-0.39, 0.29) is 11.9 Å². The van der Waals surface area contributed by atoms with Gasteiger partial charge in [-0.05, 0) is 18.9 Å². The first-order chi connectivity index (χ1) is 11.4. The normalized spacial score (nSPS) is 20.6. The van der Waals surface area contributed by atoms with Gasteiger partial charge in [-0.1, -0.05) is 13.8 Å². The highest BCUT2D eigenvalue weighted by molar-refractivity contribution is 5.73. The summed E-state index contributed by atoms with van der Waals surface area (Å²) < 4.78 is 1.74. The van der Waals surface area contributed by atoms with E-state index in [0.29, 0.717) is 17.7 Å². The Morgan fingerprint density at radius 3 is 2.67 bits per heavy atom. The summed E-state index contributed by atoms with van der Waals surface area (Å²) in [5.41, 5.74) is 0. The number of nitrogens with zero attached hydrogens (tertiary/aromatic N) is 5. The lowest BCUT2D eigenvalue weighted by atomic mass is 9.91.